The zero-order chi connectivity index (χ0) is 32.6. The third-order valence-electron chi connectivity index (χ3n) is 10.2. The Morgan fingerprint density at radius 2 is 1.58 bits per heavy atom. The van der Waals surface area contributed by atoms with Gasteiger partial charge in [-0.15, -0.1) is 0 Å². The Kier molecular flexibility index (Phi) is 9.93. The zero-order valence-electron chi connectivity index (χ0n) is 26.6. The van der Waals surface area contributed by atoms with E-state index in [1.54, 1.807) is 0 Å². The molecule has 3 fully saturated rings. The van der Waals surface area contributed by atoms with Crippen LogP contribution in [0, 0.1) is 19.8 Å². The minimum Gasteiger partial charge on any atom is -0.338 e. The molecule has 3 saturated heterocycles. The second kappa shape index (κ2) is 13.2. The monoisotopic (exact) mass is 650 g/mol. The first kappa shape index (κ1) is 33.7. The number of nitrogens with zero attached hydrogens (tertiary/aromatic N) is 6. The number of hydrogen-bond acceptors (Lipinski definition) is 7. The van der Waals surface area contributed by atoms with Crippen LogP contribution in [0.2, 0.25) is 0 Å². The van der Waals surface area contributed by atoms with Gasteiger partial charge < -0.3 is 4.90 Å². The van der Waals surface area contributed by atoms with Gasteiger partial charge in [0.15, 0.2) is 5.75 Å². The van der Waals surface area contributed by atoms with Crippen molar-refractivity contribution in [3.63, 3.8) is 0 Å². The van der Waals surface area contributed by atoms with Crippen molar-refractivity contribution >= 4 is 15.9 Å². The zero-order valence-corrected chi connectivity index (χ0v) is 27.4. The number of aryl methyl sites for hydroxylation is 2. The number of benzene rings is 1. The van der Waals surface area contributed by atoms with Crippen LogP contribution in [0.1, 0.15) is 72.9 Å². The van der Waals surface area contributed by atoms with Crippen LogP contribution in [0.15, 0.2) is 36.7 Å². The molecule has 3 aliphatic rings. The molecular formula is C32H45F3N6O3S. The third-order valence-corrected chi connectivity index (χ3v) is 12.0. The molecule has 3 aliphatic heterocycles. The highest BCUT2D eigenvalue weighted by atomic mass is 32.2. The minimum atomic E-state index is -4.75. The van der Waals surface area contributed by atoms with Crippen molar-refractivity contribution in [3.8, 4) is 0 Å². The maximum absolute atomic E-state index is 13.4. The molecule has 0 aliphatic carbocycles. The number of alkyl halides is 3. The first-order valence-electron chi connectivity index (χ1n) is 15.9. The van der Waals surface area contributed by atoms with E-state index in [1.165, 1.54) is 6.33 Å². The van der Waals surface area contributed by atoms with Crippen LogP contribution in [-0.4, -0.2) is 113 Å². The molecule has 4 heterocycles. The van der Waals surface area contributed by atoms with E-state index in [9.17, 15) is 26.4 Å². The molecule has 1 amide bonds. The van der Waals surface area contributed by atoms with Crippen LogP contribution in [0.3, 0.4) is 0 Å². The molecule has 0 spiro atoms. The molecule has 1 aromatic carbocycles. The Labute approximate surface area is 264 Å². The molecule has 2 atom stereocenters. The summed E-state index contributed by atoms with van der Waals surface area (Å²) in [4.78, 5) is 28.8. The van der Waals surface area contributed by atoms with Crippen molar-refractivity contribution in [2.24, 2.45) is 5.92 Å². The maximum atomic E-state index is 13.4. The highest BCUT2D eigenvalue weighted by Gasteiger charge is 2.44. The molecule has 0 saturated carbocycles. The van der Waals surface area contributed by atoms with Crippen molar-refractivity contribution < 1.29 is 26.4 Å². The van der Waals surface area contributed by atoms with Gasteiger partial charge in [0.1, 0.15) is 6.33 Å². The van der Waals surface area contributed by atoms with Gasteiger partial charge in [-0.05, 0) is 64.9 Å². The van der Waals surface area contributed by atoms with Gasteiger partial charge in [0, 0.05) is 63.4 Å². The SMILES string of the molecule is Cc1ncnc(C)c1C(=O)N1CCC(C)(N2CCN([C@@H](c3ccccc3)C3CCN(S(=O)(=O)CC(F)(F)F)CC3)[C@@H](C)C2)CC1. The molecule has 1 aromatic heterocycles. The molecule has 0 N–H and O–H groups in total. The first-order valence-corrected chi connectivity index (χ1v) is 17.5. The van der Waals surface area contributed by atoms with Gasteiger partial charge in [-0.3, -0.25) is 14.6 Å². The largest absolute Gasteiger partial charge is 0.404 e. The summed E-state index contributed by atoms with van der Waals surface area (Å²) in [6, 6.07) is 10.4. The van der Waals surface area contributed by atoms with Gasteiger partial charge in [0.25, 0.3) is 5.91 Å². The smallest absolute Gasteiger partial charge is 0.338 e. The quantitative estimate of drug-likeness (QED) is 0.438. The number of aromatic nitrogens is 2. The Morgan fingerprint density at radius 3 is 2.13 bits per heavy atom. The number of rotatable bonds is 7. The van der Waals surface area contributed by atoms with E-state index < -0.39 is 22.0 Å². The topological polar surface area (TPSA) is 90.0 Å². The number of sulfonamides is 1. The molecule has 0 bridgehead atoms. The van der Waals surface area contributed by atoms with E-state index in [0.717, 1.165) is 42.3 Å². The Bertz CT molecular complexity index is 1420. The van der Waals surface area contributed by atoms with Crippen molar-refractivity contribution in [1.29, 1.82) is 0 Å². The summed E-state index contributed by atoms with van der Waals surface area (Å²) in [7, 11) is -4.39. The van der Waals surface area contributed by atoms with Crippen molar-refractivity contribution in [3.05, 3.63) is 59.2 Å². The van der Waals surface area contributed by atoms with Crippen molar-refractivity contribution in [2.45, 2.75) is 77.2 Å². The lowest BCUT2D eigenvalue weighted by Crippen LogP contribution is -2.63. The first-order chi connectivity index (χ1) is 21.2. The maximum Gasteiger partial charge on any atom is 0.404 e. The molecular weight excluding hydrogens is 605 g/mol. The van der Waals surface area contributed by atoms with Gasteiger partial charge in [-0.25, -0.2) is 22.7 Å². The minimum absolute atomic E-state index is 0.00575. The van der Waals surface area contributed by atoms with Crippen molar-refractivity contribution in [1.82, 2.24) is 29.0 Å². The average Bonchev–Trinajstić information content (AvgIpc) is 2.98. The summed E-state index contributed by atoms with van der Waals surface area (Å²) < 4.78 is 64.7. The van der Waals surface area contributed by atoms with Gasteiger partial charge in [-0.2, -0.15) is 13.2 Å². The number of hydrogen-bond donors (Lipinski definition) is 0. The van der Waals surface area contributed by atoms with E-state index in [2.05, 4.69) is 45.7 Å². The summed E-state index contributed by atoms with van der Waals surface area (Å²) in [5.41, 5.74) is 3.11. The number of carbonyl (C=O) groups is 1. The van der Waals surface area contributed by atoms with E-state index in [4.69, 9.17) is 0 Å². The second-order valence-electron chi connectivity index (χ2n) is 13.2. The van der Waals surface area contributed by atoms with Gasteiger partial charge in [-0.1, -0.05) is 30.3 Å². The van der Waals surface area contributed by atoms with Crippen LogP contribution in [0.25, 0.3) is 0 Å². The molecule has 5 rings (SSSR count). The molecule has 2 aromatic rings. The lowest BCUT2D eigenvalue weighted by molar-refractivity contribution is -0.107. The average molecular weight is 651 g/mol. The Morgan fingerprint density at radius 1 is 0.978 bits per heavy atom. The fourth-order valence-electron chi connectivity index (χ4n) is 7.60. The van der Waals surface area contributed by atoms with Crippen LogP contribution in [0.5, 0.6) is 0 Å². The Hall–Kier alpha value is -2.61. The summed E-state index contributed by atoms with van der Waals surface area (Å²) in [5, 5.41) is 0. The summed E-state index contributed by atoms with van der Waals surface area (Å²) in [6.07, 6.45) is -0.513. The van der Waals surface area contributed by atoms with E-state index in [0.29, 0.717) is 42.9 Å². The number of carbonyl (C=O) groups excluding carboxylic acids is 1. The van der Waals surface area contributed by atoms with Crippen LogP contribution >= 0.6 is 0 Å². The fraction of sp³-hybridized carbons (Fsp3) is 0.656. The van der Waals surface area contributed by atoms with Gasteiger partial charge in [0.05, 0.1) is 17.0 Å². The normalized spacial score (nSPS) is 23.6. The van der Waals surface area contributed by atoms with Crippen molar-refractivity contribution in [2.75, 3.05) is 51.6 Å². The Balaban J connectivity index is 1.24. The number of piperidine rings is 2. The standard InChI is InChI=1S/C32H45F3N6O3S/c1-23-20-39(31(4)12-16-38(17-13-31)30(42)28-24(2)36-22-37-25(28)3)18-19-41(23)29(26-8-6-5-7-9-26)27-10-14-40(15-11-27)45(43,44)21-32(33,34)35/h5-9,22-23,27,29H,10-21H2,1-4H3/t23-,29-/m0/s1. The number of halogens is 3. The van der Waals surface area contributed by atoms with E-state index in [-0.39, 0.29) is 42.5 Å². The molecule has 0 radical (unpaired) electrons. The number of amides is 1. The fourth-order valence-corrected chi connectivity index (χ4v) is 8.96. The highest BCUT2D eigenvalue weighted by molar-refractivity contribution is 7.89. The third kappa shape index (κ3) is 7.52. The van der Waals surface area contributed by atoms with Gasteiger partial charge >= 0.3 is 6.18 Å². The van der Waals surface area contributed by atoms with Crippen LogP contribution in [-0.2, 0) is 10.0 Å². The summed E-state index contributed by atoms with van der Waals surface area (Å²) in [6.45, 7) is 12.3. The summed E-state index contributed by atoms with van der Waals surface area (Å²) >= 11 is 0. The predicted molar refractivity (Wildman–Crippen MR) is 166 cm³/mol. The van der Waals surface area contributed by atoms with E-state index >= 15 is 0 Å². The predicted octanol–water partition coefficient (Wildman–Crippen LogP) is 4.44. The van der Waals surface area contributed by atoms with E-state index in [1.807, 2.05) is 36.9 Å². The second-order valence-corrected chi connectivity index (χ2v) is 15.2. The molecule has 248 valence electrons. The van der Waals surface area contributed by atoms with Gasteiger partial charge in [0.2, 0.25) is 10.0 Å². The summed E-state index contributed by atoms with van der Waals surface area (Å²) in [5.74, 6) is -1.69. The number of piperazine rings is 1. The lowest BCUT2D eigenvalue weighted by Gasteiger charge is -2.54. The van der Waals surface area contributed by atoms with Crippen LogP contribution in [0.4, 0.5) is 13.2 Å². The molecule has 13 heteroatoms. The molecule has 9 nitrogen and oxygen atoms in total. The lowest BCUT2D eigenvalue weighted by atomic mass is 9.82. The van der Waals surface area contributed by atoms with Crippen LogP contribution < -0.4 is 0 Å². The molecule has 45 heavy (non-hydrogen) atoms. The number of likely N-dealkylation sites (tertiary alicyclic amines) is 1. The molecule has 0 unspecified atom stereocenters. The highest BCUT2D eigenvalue weighted by Crippen LogP contribution is 2.40.